The highest BCUT2D eigenvalue weighted by Gasteiger charge is 2.20. The molecule has 0 atom stereocenters. The van der Waals surface area contributed by atoms with Crippen LogP contribution in [0.25, 0.3) is 0 Å². The minimum Gasteiger partial charge on any atom is -0.340 e. The molecular formula is C17H15FN4O3S2. The van der Waals surface area contributed by atoms with Gasteiger partial charge in [0.25, 0.3) is 15.9 Å². The quantitative estimate of drug-likeness (QED) is 0.676. The summed E-state index contributed by atoms with van der Waals surface area (Å²) in [6.45, 7) is 0.418. The van der Waals surface area contributed by atoms with Gasteiger partial charge in [0.05, 0.1) is 18.0 Å². The molecule has 1 aromatic carbocycles. The third kappa shape index (κ3) is 4.66. The largest absolute Gasteiger partial charge is 0.340 e. The second-order valence-electron chi connectivity index (χ2n) is 5.65. The van der Waals surface area contributed by atoms with Gasteiger partial charge in [0.1, 0.15) is 10.7 Å². The van der Waals surface area contributed by atoms with Gasteiger partial charge in [-0.1, -0.05) is 12.1 Å². The summed E-state index contributed by atoms with van der Waals surface area (Å²) in [7, 11) is -2.34. The van der Waals surface area contributed by atoms with E-state index in [1.807, 2.05) is 4.72 Å². The number of carbonyl (C=O) groups excluding carboxylic acids is 1. The van der Waals surface area contributed by atoms with Crippen molar-refractivity contribution in [2.75, 3.05) is 11.9 Å². The minimum atomic E-state index is -4.07. The van der Waals surface area contributed by atoms with Crippen LogP contribution in [0, 0.1) is 5.82 Å². The summed E-state index contributed by atoms with van der Waals surface area (Å²) in [5, 5.41) is 3.23. The maximum absolute atomic E-state index is 13.0. The summed E-state index contributed by atoms with van der Waals surface area (Å²) in [6, 6.07) is 7.53. The summed E-state index contributed by atoms with van der Waals surface area (Å²) in [4.78, 5) is 21.5. The Bertz CT molecular complexity index is 1020. The molecule has 0 bridgehead atoms. The fourth-order valence-corrected chi connectivity index (χ4v) is 3.71. The predicted octanol–water partition coefficient (Wildman–Crippen LogP) is 2.43. The number of thiophene rings is 1. The van der Waals surface area contributed by atoms with Crippen LogP contribution >= 0.6 is 11.3 Å². The number of benzene rings is 1. The number of rotatable bonds is 6. The molecule has 7 nitrogen and oxygen atoms in total. The molecule has 3 rings (SSSR count). The van der Waals surface area contributed by atoms with E-state index in [0.717, 1.165) is 18.0 Å². The summed E-state index contributed by atoms with van der Waals surface area (Å²) in [5.41, 5.74) is 1.11. The predicted molar refractivity (Wildman–Crippen MR) is 99.5 cm³/mol. The van der Waals surface area contributed by atoms with E-state index in [9.17, 15) is 17.6 Å². The number of nitrogens with zero attached hydrogens (tertiary/aromatic N) is 3. The first kappa shape index (κ1) is 18.9. The van der Waals surface area contributed by atoms with E-state index < -0.39 is 15.9 Å². The Morgan fingerprint density at radius 1 is 1.19 bits per heavy atom. The Morgan fingerprint density at radius 2 is 1.85 bits per heavy atom. The van der Waals surface area contributed by atoms with Crippen molar-refractivity contribution in [3.63, 3.8) is 0 Å². The van der Waals surface area contributed by atoms with Gasteiger partial charge in [-0.2, -0.15) is 11.3 Å². The van der Waals surface area contributed by atoms with Gasteiger partial charge < -0.3 is 4.90 Å². The lowest BCUT2D eigenvalue weighted by atomic mass is 10.2. The number of aromatic nitrogens is 2. The molecule has 1 N–H and O–H groups in total. The van der Waals surface area contributed by atoms with Gasteiger partial charge in [-0.05, 0) is 29.1 Å². The smallest absolute Gasteiger partial charge is 0.267 e. The van der Waals surface area contributed by atoms with Gasteiger partial charge in [-0.3, -0.25) is 4.79 Å². The lowest BCUT2D eigenvalue weighted by Gasteiger charge is -2.17. The Labute approximate surface area is 159 Å². The fraction of sp³-hybridized carbons (Fsp3) is 0.118. The lowest BCUT2D eigenvalue weighted by Crippen LogP contribution is -2.30. The summed E-state index contributed by atoms with van der Waals surface area (Å²) >= 11 is 1.29. The van der Waals surface area contributed by atoms with Gasteiger partial charge in [-0.25, -0.2) is 27.5 Å². The van der Waals surface area contributed by atoms with Crippen LogP contribution in [-0.4, -0.2) is 31.3 Å². The molecule has 0 unspecified atom stereocenters. The van der Waals surface area contributed by atoms with Crippen LogP contribution in [0.15, 0.2) is 58.4 Å². The first-order chi connectivity index (χ1) is 12.8. The fourth-order valence-electron chi connectivity index (χ4n) is 2.21. The van der Waals surface area contributed by atoms with Crippen molar-refractivity contribution in [1.82, 2.24) is 14.7 Å². The van der Waals surface area contributed by atoms with Crippen molar-refractivity contribution in [1.29, 1.82) is 0 Å². The first-order valence-corrected chi connectivity index (χ1v) is 10.1. The molecule has 0 saturated carbocycles. The van der Waals surface area contributed by atoms with Crippen LogP contribution in [0.2, 0.25) is 0 Å². The van der Waals surface area contributed by atoms with E-state index >= 15 is 0 Å². The van der Waals surface area contributed by atoms with Gasteiger partial charge in [0.2, 0.25) is 5.95 Å². The molecule has 2 aromatic heterocycles. The van der Waals surface area contributed by atoms with Crippen molar-refractivity contribution < 1.29 is 17.6 Å². The van der Waals surface area contributed by atoms with Crippen LogP contribution in [0.1, 0.15) is 15.9 Å². The average molecular weight is 406 g/mol. The molecular weight excluding hydrogens is 391 g/mol. The minimum absolute atomic E-state index is 0.218. The topological polar surface area (TPSA) is 92.3 Å². The molecule has 0 aliphatic heterocycles. The Morgan fingerprint density at radius 3 is 2.44 bits per heavy atom. The van der Waals surface area contributed by atoms with Gasteiger partial charge >= 0.3 is 0 Å². The van der Waals surface area contributed by atoms with E-state index in [-0.39, 0.29) is 16.3 Å². The Kier molecular flexibility index (Phi) is 5.47. The zero-order chi connectivity index (χ0) is 19.4. The summed E-state index contributed by atoms with van der Waals surface area (Å²) in [6.07, 6.45) is 2.26. The van der Waals surface area contributed by atoms with E-state index in [1.165, 1.54) is 29.5 Å². The van der Waals surface area contributed by atoms with Gasteiger partial charge in [0.15, 0.2) is 0 Å². The van der Waals surface area contributed by atoms with E-state index in [4.69, 9.17) is 0 Å². The van der Waals surface area contributed by atoms with Crippen LogP contribution in [0.5, 0.6) is 0 Å². The van der Waals surface area contributed by atoms with Crippen LogP contribution in [-0.2, 0) is 16.6 Å². The summed E-state index contributed by atoms with van der Waals surface area (Å²) in [5.74, 6) is -0.743. The number of amides is 1. The molecule has 0 aliphatic carbocycles. The van der Waals surface area contributed by atoms with E-state index in [2.05, 4.69) is 9.97 Å². The SMILES string of the molecule is CN(Cc1ccc(F)cc1)c1ncc(S(=O)(=O)NC(=O)c2ccsc2)cn1. The van der Waals surface area contributed by atoms with Crippen molar-refractivity contribution in [3.05, 3.63) is 70.4 Å². The number of hydrogen-bond donors (Lipinski definition) is 1. The molecule has 3 aromatic rings. The number of hydrogen-bond acceptors (Lipinski definition) is 7. The number of nitrogens with one attached hydrogen (secondary N) is 1. The highest BCUT2D eigenvalue weighted by molar-refractivity contribution is 7.90. The van der Waals surface area contributed by atoms with Gasteiger partial charge in [-0.15, -0.1) is 0 Å². The number of sulfonamides is 1. The molecule has 0 aliphatic rings. The molecule has 0 radical (unpaired) electrons. The number of anilines is 1. The van der Waals surface area contributed by atoms with Gasteiger partial charge in [0, 0.05) is 19.0 Å². The zero-order valence-corrected chi connectivity index (χ0v) is 15.8. The lowest BCUT2D eigenvalue weighted by molar-refractivity contribution is 0.0982. The van der Waals surface area contributed by atoms with Crippen molar-refractivity contribution in [2.24, 2.45) is 0 Å². The third-order valence-corrected chi connectivity index (χ3v) is 5.58. The molecule has 2 heterocycles. The number of halogens is 1. The highest BCUT2D eigenvalue weighted by Crippen LogP contribution is 2.14. The Hall–Kier alpha value is -2.85. The molecule has 0 saturated heterocycles. The van der Waals surface area contributed by atoms with Crippen LogP contribution in [0.3, 0.4) is 0 Å². The van der Waals surface area contributed by atoms with Crippen LogP contribution < -0.4 is 9.62 Å². The average Bonchev–Trinajstić information content (AvgIpc) is 3.18. The molecule has 0 fully saturated rings. The monoisotopic (exact) mass is 406 g/mol. The maximum Gasteiger partial charge on any atom is 0.267 e. The zero-order valence-electron chi connectivity index (χ0n) is 14.2. The van der Waals surface area contributed by atoms with Crippen molar-refractivity contribution >= 4 is 33.2 Å². The third-order valence-electron chi connectivity index (χ3n) is 3.61. The second kappa shape index (κ2) is 7.80. The molecule has 1 amide bonds. The highest BCUT2D eigenvalue weighted by atomic mass is 32.2. The van der Waals surface area contributed by atoms with Crippen molar-refractivity contribution in [3.8, 4) is 0 Å². The normalized spacial score (nSPS) is 11.2. The van der Waals surface area contributed by atoms with E-state index in [1.54, 1.807) is 34.8 Å². The number of carbonyl (C=O) groups is 1. The molecule has 0 spiro atoms. The summed E-state index contributed by atoms with van der Waals surface area (Å²) < 4.78 is 39.5. The first-order valence-electron chi connectivity index (χ1n) is 7.72. The van der Waals surface area contributed by atoms with Crippen molar-refractivity contribution in [2.45, 2.75) is 11.4 Å². The van der Waals surface area contributed by atoms with Crippen LogP contribution in [0.4, 0.5) is 10.3 Å². The molecule has 27 heavy (non-hydrogen) atoms. The van der Waals surface area contributed by atoms with E-state index in [0.29, 0.717) is 12.5 Å². The Balaban J connectivity index is 1.70. The standard InChI is InChI=1S/C17H15FN4O3S2/c1-22(10-12-2-4-14(18)5-3-12)17-19-8-15(9-20-17)27(24,25)21-16(23)13-6-7-26-11-13/h2-9,11H,10H2,1H3,(H,21,23). The molecule has 10 heteroatoms. The maximum atomic E-state index is 13.0. The molecule has 140 valence electrons. The second-order valence-corrected chi connectivity index (χ2v) is 8.11.